The fraction of sp³-hybridized carbons (Fsp3) is 0.650. The molecule has 4 aliphatic rings. The van der Waals surface area contributed by atoms with Crippen LogP contribution in [0.25, 0.3) is 0 Å². The number of aromatic hydroxyl groups is 1. The summed E-state index contributed by atoms with van der Waals surface area (Å²) in [7, 11) is 3.72. The summed E-state index contributed by atoms with van der Waals surface area (Å²) in [5.74, 6) is 0.343. The van der Waals surface area contributed by atoms with E-state index < -0.39 is 5.97 Å². The largest absolute Gasteiger partial charge is 0.504 e. The monoisotopic (exact) mass is 374 g/mol. The maximum Gasteiger partial charge on any atom is 0.320 e. The third-order valence-electron chi connectivity index (χ3n) is 7.46. The Hall–Kier alpha value is -1.83. The van der Waals surface area contributed by atoms with Crippen molar-refractivity contribution in [1.29, 1.82) is 0 Å². The van der Waals surface area contributed by atoms with Gasteiger partial charge in [0.25, 0.3) is 0 Å². The van der Waals surface area contributed by atoms with Gasteiger partial charge in [-0.3, -0.25) is 4.79 Å². The number of phenols is 1. The van der Waals surface area contributed by atoms with Gasteiger partial charge in [-0.2, -0.15) is 5.06 Å². The minimum absolute atomic E-state index is 0.149. The molecular weight excluding hydrogens is 348 g/mol. The van der Waals surface area contributed by atoms with Gasteiger partial charge in [0.15, 0.2) is 11.5 Å². The molecule has 0 radical (unpaired) electrons. The van der Waals surface area contributed by atoms with Crippen LogP contribution in [0.3, 0.4) is 0 Å². The summed E-state index contributed by atoms with van der Waals surface area (Å²) in [5.41, 5.74) is 2.27. The summed E-state index contributed by atoms with van der Waals surface area (Å²) in [6, 6.07) is 4.09. The van der Waals surface area contributed by atoms with Gasteiger partial charge in [-0.25, -0.2) is 0 Å². The molecule has 2 fully saturated rings. The number of ether oxygens (including phenoxy) is 1. The maximum atomic E-state index is 11.4. The van der Waals surface area contributed by atoms with Crippen LogP contribution in [0.1, 0.15) is 30.4 Å². The fourth-order valence-corrected chi connectivity index (χ4v) is 6.46. The highest BCUT2D eigenvalue weighted by molar-refractivity contribution is 5.69. The lowest BCUT2D eigenvalue weighted by Gasteiger charge is -2.59. The van der Waals surface area contributed by atoms with E-state index in [-0.39, 0.29) is 29.9 Å². The first-order valence-corrected chi connectivity index (χ1v) is 9.72. The predicted molar refractivity (Wildman–Crippen MR) is 96.8 cm³/mol. The number of hydrogen-bond donors (Lipinski definition) is 2. The highest BCUT2D eigenvalue weighted by atomic mass is 16.7. The lowest BCUT2D eigenvalue weighted by molar-refractivity contribution is -0.211. The van der Waals surface area contributed by atoms with Crippen molar-refractivity contribution < 1.29 is 24.6 Å². The zero-order chi connectivity index (χ0) is 18.9. The zero-order valence-corrected chi connectivity index (χ0v) is 15.7. The van der Waals surface area contributed by atoms with E-state index in [1.54, 1.807) is 11.1 Å². The molecule has 7 heteroatoms. The first-order valence-electron chi connectivity index (χ1n) is 9.72. The second kappa shape index (κ2) is 5.83. The molecule has 0 amide bonds. The van der Waals surface area contributed by atoms with Gasteiger partial charge in [-0.05, 0) is 56.8 Å². The number of nitrogens with zero attached hydrogens (tertiary/aromatic N) is 2. The van der Waals surface area contributed by atoms with Crippen molar-refractivity contribution in [2.24, 2.45) is 5.92 Å². The van der Waals surface area contributed by atoms with Crippen LogP contribution in [0.2, 0.25) is 0 Å². The molecule has 1 aromatic rings. The van der Waals surface area contributed by atoms with Crippen LogP contribution in [0, 0.1) is 5.92 Å². The van der Waals surface area contributed by atoms with E-state index in [4.69, 9.17) is 9.57 Å². The van der Waals surface area contributed by atoms with E-state index >= 15 is 0 Å². The maximum absolute atomic E-state index is 11.4. The molecule has 1 saturated heterocycles. The molecule has 2 N–H and O–H groups in total. The predicted octanol–water partition coefficient (Wildman–Crippen LogP) is 1.38. The molecule has 7 nitrogen and oxygen atoms in total. The molecular formula is C20H26N2O5. The number of carbonyl (C=O) groups is 1. The Morgan fingerprint density at radius 3 is 3.00 bits per heavy atom. The SMILES string of the molecule is CON(CC(=O)O)[C@@H]1CC[C@H]2[C@H]3Cc4ccc(O)c5c4[C@@]2(CCN3C)[C@H]1O5. The molecule has 2 bridgehead atoms. The number of aliphatic carboxylic acids is 1. The molecule has 146 valence electrons. The van der Waals surface area contributed by atoms with Gasteiger partial charge in [0.2, 0.25) is 0 Å². The smallest absolute Gasteiger partial charge is 0.320 e. The number of likely N-dealkylation sites (N-methyl/N-ethyl adjacent to an activating group) is 1. The molecule has 1 saturated carbocycles. The van der Waals surface area contributed by atoms with Crippen LogP contribution >= 0.6 is 0 Å². The zero-order valence-electron chi connectivity index (χ0n) is 15.7. The Kier molecular flexibility index (Phi) is 3.73. The van der Waals surface area contributed by atoms with Gasteiger partial charge >= 0.3 is 5.97 Å². The molecule has 2 aliphatic carbocycles. The van der Waals surface area contributed by atoms with Crippen molar-refractivity contribution in [3.63, 3.8) is 0 Å². The van der Waals surface area contributed by atoms with Gasteiger partial charge in [0.05, 0.1) is 13.2 Å². The van der Waals surface area contributed by atoms with Crippen molar-refractivity contribution in [1.82, 2.24) is 9.96 Å². The molecule has 5 rings (SSSR count). The van der Waals surface area contributed by atoms with Crippen LogP contribution in [-0.2, 0) is 21.5 Å². The first kappa shape index (κ1) is 17.3. The fourth-order valence-electron chi connectivity index (χ4n) is 6.46. The minimum Gasteiger partial charge on any atom is -0.504 e. The van der Waals surface area contributed by atoms with E-state index in [0.29, 0.717) is 17.7 Å². The van der Waals surface area contributed by atoms with E-state index in [0.717, 1.165) is 32.2 Å². The average Bonchev–Trinajstić information content (AvgIpc) is 2.99. The van der Waals surface area contributed by atoms with Crippen molar-refractivity contribution in [2.45, 2.75) is 49.3 Å². The standard InChI is InChI=1S/C20H26N2O5/c1-21-8-7-20-12-4-5-13(22(26-2)10-16(24)25)19(20)27-18-15(23)6-3-11(17(18)20)9-14(12)21/h3,6,12-14,19,23H,4-5,7-10H2,1-2H3,(H,24,25)/t12-,13+,14+,19-,20-/m0/s1. The number of benzene rings is 1. The third kappa shape index (κ3) is 2.16. The van der Waals surface area contributed by atoms with E-state index in [2.05, 4.69) is 11.9 Å². The Labute approximate surface area is 158 Å². The van der Waals surface area contributed by atoms with E-state index in [9.17, 15) is 15.0 Å². The van der Waals surface area contributed by atoms with Gasteiger partial charge in [-0.15, -0.1) is 0 Å². The summed E-state index contributed by atoms with van der Waals surface area (Å²) >= 11 is 0. The number of carboxylic acids is 1. The highest BCUT2D eigenvalue weighted by Crippen LogP contribution is 2.64. The molecule has 1 aromatic carbocycles. The summed E-state index contributed by atoms with van der Waals surface area (Å²) in [4.78, 5) is 19.3. The number of likely N-dealkylation sites (tertiary alicyclic amines) is 1. The summed E-state index contributed by atoms with van der Waals surface area (Å²) in [6.07, 6.45) is 3.57. The Bertz CT molecular complexity index is 799. The number of carboxylic acid groups (broad SMARTS) is 1. The third-order valence-corrected chi connectivity index (χ3v) is 7.46. The normalized spacial score (nSPS) is 36.4. The Morgan fingerprint density at radius 2 is 2.26 bits per heavy atom. The summed E-state index contributed by atoms with van der Waals surface area (Å²) in [6.45, 7) is 0.800. The molecule has 27 heavy (non-hydrogen) atoms. The van der Waals surface area contributed by atoms with Gasteiger partial charge < -0.3 is 24.7 Å². The molecule has 2 heterocycles. The lowest BCUT2D eigenvalue weighted by Crippen LogP contribution is -2.68. The number of hydrogen-bond acceptors (Lipinski definition) is 6. The van der Waals surface area contributed by atoms with Crippen LogP contribution in [0.4, 0.5) is 0 Å². The Morgan fingerprint density at radius 1 is 1.44 bits per heavy atom. The van der Waals surface area contributed by atoms with E-state index in [1.807, 2.05) is 6.07 Å². The first-order chi connectivity index (χ1) is 13.0. The van der Waals surface area contributed by atoms with Crippen LogP contribution in [-0.4, -0.2) is 71.6 Å². The average molecular weight is 374 g/mol. The van der Waals surface area contributed by atoms with Gasteiger partial charge in [0.1, 0.15) is 12.6 Å². The summed E-state index contributed by atoms with van der Waals surface area (Å²) < 4.78 is 6.44. The van der Waals surface area contributed by atoms with E-state index in [1.165, 1.54) is 18.2 Å². The summed E-state index contributed by atoms with van der Waals surface area (Å²) in [5, 5.41) is 21.4. The quantitative estimate of drug-likeness (QED) is 0.771. The lowest BCUT2D eigenvalue weighted by atomic mass is 9.51. The minimum atomic E-state index is -0.916. The number of rotatable bonds is 4. The van der Waals surface area contributed by atoms with Gasteiger partial charge in [0, 0.05) is 17.0 Å². The van der Waals surface area contributed by atoms with Crippen LogP contribution < -0.4 is 4.74 Å². The van der Waals surface area contributed by atoms with Crippen molar-refractivity contribution >= 4 is 5.97 Å². The molecule has 1 spiro atoms. The molecule has 2 aliphatic heterocycles. The second-order valence-electron chi connectivity index (χ2n) is 8.43. The second-order valence-corrected chi connectivity index (χ2v) is 8.43. The molecule has 0 aromatic heterocycles. The number of phenolic OH excluding ortho intramolecular Hbond substituents is 1. The Balaban J connectivity index is 1.65. The molecule has 5 atom stereocenters. The molecule has 0 unspecified atom stereocenters. The van der Waals surface area contributed by atoms with Crippen molar-refractivity contribution in [3.05, 3.63) is 23.3 Å². The van der Waals surface area contributed by atoms with Gasteiger partial charge in [-0.1, -0.05) is 6.07 Å². The number of piperidine rings is 1. The number of hydroxylamine groups is 2. The topological polar surface area (TPSA) is 82.5 Å². The highest BCUT2D eigenvalue weighted by Gasteiger charge is 2.66. The van der Waals surface area contributed by atoms with Crippen LogP contribution in [0.5, 0.6) is 11.5 Å². The van der Waals surface area contributed by atoms with Crippen LogP contribution in [0.15, 0.2) is 12.1 Å². The van der Waals surface area contributed by atoms with Crippen molar-refractivity contribution in [3.8, 4) is 11.5 Å². The van der Waals surface area contributed by atoms with Crippen molar-refractivity contribution in [2.75, 3.05) is 27.2 Å².